The first-order valence-electron chi connectivity index (χ1n) is 7.02. The molecule has 1 aliphatic rings. The number of benzene rings is 1. The van der Waals surface area contributed by atoms with E-state index < -0.39 is 0 Å². The molecule has 0 amide bonds. The number of hydrogen-bond donors (Lipinski definition) is 2. The Kier molecular flexibility index (Phi) is 4.41. The number of aryl methyl sites for hydroxylation is 3. The molecule has 1 atom stereocenters. The predicted molar refractivity (Wildman–Crippen MR) is 76.1 cm³/mol. The quantitative estimate of drug-likeness (QED) is 0.860. The number of hydrogen-bond acceptors (Lipinski definition) is 2. The molecule has 18 heavy (non-hydrogen) atoms. The highest BCUT2D eigenvalue weighted by atomic mass is 16.3. The Labute approximate surface area is 110 Å². The van der Waals surface area contributed by atoms with Gasteiger partial charge in [0, 0.05) is 5.92 Å². The molecular formula is C16H25NO. The summed E-state index contributed by atoms with van der Waals surface area (Å²) in [7, 11) is 0. The highest BCUT2D eigenvalue weighted by Gasteiger charge is 2.26. The number of aliphatic hydroxyl groups excluding tert-OH is 1. The fourth-order valence-electron chi connectivity index (χ4n) is 3.50. The molecule has 1 aromatic rings. The fourth-order valence-corrected chi connectivity index (χ4v) is 3.50. The molecule has 100 valence electrons. The van der Waals surface area contributed by atoms with Crippen molar-refractivity contribution in [1.82, 2.24) is 5.32 Å². The van der Waals surface area contributed by atoms with Crippen LogP contribution in [0.25, 0.3) is 0 Å². The van der Waals surface area contributed by atoms with Gasteiger partial charge in [-0.1, -0.05) is 17.7 Å². The molecule has 2 nitrogen and oxygen atoms in total. The van der Waals surface area contributed by atoms with Crippen LogP contribution in [0.2, 0.25) is 0 Å². The van der Waals surface area contributed by atoms with Gasteiger partial charge in [-0.3, -0.25) is 0 Å². The van der Waals surface area contributed by atoms with E-state index in [9.17, 15) is 5.11 Å². The molecule has 0 spiro atoms. The van der Waals surface area contributed by atoms with Gasteiger partial charge < -0.3 is 10.4 Å². The van der Waals surface area contributed by atoms with Crippen LogP contribution in [0.1, 0.15) is 41.0 Å². The monoisotopic (exact) mass is 247 g/mol. The van der Waals surface area contributed by atoms with E-state index in [4.69, 9.17) is 0 Å². The van der Waals surface area contributed by atoms with E-state index in [0.29, 0.717) is 11.8 Å². The summed E-state index contributed by atoms with van der Waals surface area (Å²) in [5.74, 6) is 0.934. The molecule has 0 aliphatic carbocycles. The van der Waals surface area contributed by atoms with Crippen molar-refractivity contribution in [3.63, 3.8) is 0 Å². The van der Waals surface area contributed by atoms with Crippen molar-refractivity contribution in [3.05, 3.63) is 34.4 Å². The molecule has 2 rings (SSSR count). The zero-order chi connectivity index (χ0) is 13.1. The van der Waals surface area contributed by atoms with E-state index >= 15 is 0 Å². The van der Waals surface area contributed by atoms with Crippen LogP contribution in [0.3, 0.4) is 0 Å². The van der Waals surface area contributed by atoms with Gasteiger partial charge in [0.2, 0.25) is 0 Å². The second-order valence-electron chi connectivity index (χ2n) is 5.69. The van der Waals surface area contributed by atoms with Crippen molar-refractivity contribution in [2.75, 3.05) is 19.7 Å². The lowest BCUT2D eigenvalue weighted by Gasteiger charge is -2.32. The van der Waals surface area contributed by atoms with Crippen LogP contribution < -0.4 is 5.32 Å². The van der Waals surface area contributed by atoms with Gasteiger partial charge in [0.05, 0.1) is 6.61 Å². The average Bonchev–Trinajstić information content (AvgIpc) is 2.34. The zero-order valence-electron chi connectivity index (χ0n) is 11.8. The maximum atomic E-state index is 9.83. The van der Waals surface area contributed by atoms with Crippen molar-refractivity contribution < 1.29 is 5.11 Å². The van der Waals surface area contributed by atoms with Crippen molar-refractivity contribution in [3.8, 4) is 0 Å². The van der Waals surface area contributed by atoms with Gasteiger partial charge in [-0.15, -0.1) is 0 Å². The summed E-state index contributed by atoms with van der Waals surface area (Å²) < 4.78 is 0. The standard InChI is InChI=1S/C16H25NO/c1-11-8-12(2)16(13(3)9-11)15(10-18)14-4-6-17-7-5-14/h8-9,14-15,17-18H,4-7,10H2,1-3H3. The van der Waals surface area contributed by atoms with Crippen LogP contribution in [0.5, 0.6) is 0 Å². The first-order chi connectivity index (χ1) is 8.63. The SMILES string of the molecule is Cc1cc(C)c(C(CO)C2CCNCC2)c(C)c1. The van der Waals surface area contributed by atoms with E-state index in [-0.39, 0.29) is 6.61 Å². The van der Waals surface area contributed by atoms with Crippen LogP contribution in [0.15, 0.2) is 12.1 Å². The minimum Gasteiger partial charge on any atom is -0.396 e. The zero-order valence-corrected chi connectivity index (χ0v) is 11.8. The molecule has 1 unspecified atom stereocenters. The van der Waals surface area contributed by atoms with E-state index in [0.717, 1.165) is 13.1 Å². The molecule has 1 fully saturated rings. The van der Waals surface area contributed by atoms with Crippen LogP contribution >= 0.6 is 0 Å². The lowest BCUT2D eigenvalue weighted by molar-refractivity contribution is 0.200. The molecular weight excluding hydrogens is 222 g/mol. The van der Waals surface area contributed by atoms with Crippen molar-refractivity contribution >= 4 is 0 Å². The van der Waals surface area contributed by atoms with E-state index in [1.54, 1.807) is 0 Å². The third-order valence-corrected chi connectivity index (χ3v) is 4.26. The lowest BCUT2D eigenvalue weighted by Crippen LogP contribution is -2.32. The molecule has 1 heterocycles. The third kappa shape index (κ3) is 2.76. The highest BCUT2D eigenvalue weighted by Crippen LogP contribution is 2.34. The summed E-state index contributed by atoms with van der Waals surface area (Å²) in [6.07, 6.45) is 2.36. The van der Waals surface area contributed by atoms with Crippen molar-refractivity contribution in [2.45, 2.75) is 39.5 Å². The Balaban J connectivity index is 2.32. The van der Waals surface area contributed by atoms with Gasteiger partial charge in [-0.25, -0.2) is 0 Å². The van der Waals surface area contributed by atoms with Gasteiger partial charge in [-0.2, -0.15) is 0 Å². The summed E-state index contributed by atoms with van der Waals surface area (Å²) in [6.45, 7) is 8.95. The minimum atomic E-state index is 0.273. The summed E-state index contributed by atoms with van der Waals surface area (Å²) in [5, 5.41) is 13.2. The van der Waals surface area contributed by atoms with Gasteiger partial charge in [0.25, 0.3) is 0 Å². The second kappa shape index (κ2) is 5.85. The maximum absolute atomic E-state index is 9.83. The first-order valence-corrected chi connectivity index (χ1v) is 7.02. The summed E-state index contributed by atoms with van der Waals surface area (Å²) >= 11 is 0. The maximum Gasteiger partial charge on any atom is 0.0502 e. The van der Waals surface area contributed by atoms with Gasteiger partial charge in [0.1, 0.15) is 0 Å². The van der Waals surface area contributed by atoms with Gasteiger partial charge in [0.15, 0.2) is 0 Å². The molecule has 0 aromatic heterocycles. The third-order valence-electron chi connectivity index (χ3n) is 4.26. The molecule has 2 N–H and O–H groups in total. The molecule has 1 aromatic carbocycles. The minimum absolute atomic E-state index is 0.273. The molecule has 1 saturated heterocycles. The molecule has 0 radical (unpaired) electrons. The topological polar surface area (TPSA) is 32.3 Å². The second-order valence-corrected chi connectivity index (χ2v) is 5.69. The van der Waals surface area contributed by atoms with Crippen LogP contribution in [-0.4, -0.2) is 24.8 Å². The predicted octanol–water partition coefficient (Wildman–Crippen LogP) is 2.69. The Bertz CT molecular complexity index is 385. The van der Waals surface area contributed by atoms with E-state index in [1.807, 2.05) is 0 Å². The van der Waals surface area contributed by atoms with Gasteiger partial charge >= 0.3 is 0 Å². The van der Waals surface area contributed by atoms with Crippen molar-refractivity contribution in [2.24, 2.45) is 5.92 Å². The summed E-state index contributed by atoms with van der Waals surface area (Å²) in [5.41, 5.74) is 5.38. The number of nitrogens with one attached hydrogen (secondary N) is 1. The average molecular weight is 247 g/mol. The Morgan fingerprint density at radius 1 is 1.17 bits per heavy atom. The van der Waals surface area contributed by atoms with Crippen LogP contribution in [0, 0.1) is 26.7 Å². The molecule has 1 aliphatic heterocycles. The molecule has 2 heteroatoms. The molecule has 0 bridgehead atoms. The number of rotatable bonds is 3. The van der Waals surface area contributed by atoms with Gasteiger partial charge in [-0.05, 0) is 69.3 Å². The summed E-state index contributed by atoms with van der Waals surface area (Å²) in [6, 6.07) is 4.48. The van der Waals surface area contributed by atoms with E-state index in [2.05, 4.69) is 38.2 Å². The first kappa shape index (κ1) is 13.6. The summed E-state index contributed by atoms with van der Waals surface area (Å²) in [4.78, 5) is 0. The number of aliphatic hydroxyl groups is 1. The number of piperidine rings is 1. The fraction of sp³-hybridized carbons (Fsp3) is 0.625. The Hall–Kier alpha value is -0.860. The molecule has 0 saturated carbocycles. The van der Waals surface area contributed by atoms with Crippen LogP contribution in [-0.2, 0) is 0 Å². The highest BCUT2D eigenvalue weighted by molar-refractivity contribution is 5.40. The van der Waals surface area contributed by atoms with Crippen molar-refractivity contribution in [1.29, 1.82) is 0 Å². The largest absolute Gasteiger partial charge is 0.396 e. The lowest BCUT2D eigenvalue weighted by atomic mass is 9.77. The Morgan fingerprint density at radius 3 is 2.22 bits per heavy atom. The van der Waals surface area contributed by atoms with Crippen LogP contribution in [0.4, 0.5) is 0 Å². The Morgan fingerprint density at radius 2 is 1.72 bits per heavy atom. The van der Waals surface area contributed by atoms with E-state index in [1.165, 1.54) is 35.1 Å². The smallest absolute Gasteiger partial charge is 0.0502 e. The normalized spacial score (nSPS) is 18.9.